The van der Waals surface area contributed by atoms with Crippen LogP contribution in [-0.2, 0) is 46.3 Å². The Bertz CT molecular complexity index is 21.2. The Morgan fingerprint density at radius 2 is 0.500 bits per heavy atom. The van der Waals surface area contributed by atoms with E-state index in [-0.39, 0.29) is 64.5 Å². The van der Waals surface area contributed by atoms with Crippen molar-refractivity contribution in [2.45, 2.75) is 0 Å². The summed E-state index contributed by atoms with van der Waals surface area (Å²) in [6, 6.07) is 0. The van der Waals surface area contributed by atoms with Gasteiger partial charge in [0.2, 0.25) is 0 Å². The molecular weight excluding hydrogens is 390 g/mol. The first-order valence-electron chi connectivity index (χ1n) is 0.333. The maximum atomic E-state index is 8.26. The second-order valence-electron chi connectivity index (χ2n) is 0. The van der Waals surface area contributed by atoms with Gasteiger partial charge in [0.25, 0.3) is 0 Å². The van der Waals surface area contributed by atoms with E-state index in [1.165, 1.54) is 0 Å². The second kappa shape index (κ2) is 251. The molecule has 0 amide bonds. The van der Waals surface area contributed by atoms with Crippen LogP contribution in [-0.4, -0.2) is 0 Å². The summed E-state index contributed by atoms with van der Waals surface area (Å²) in [5.41, 5.74) is 0. The van der Waals surface area contributed by atoms with E-state index in [1.54, 1.807) is 0 Å². The van der Waals surface area contributed by atoms with E-state index < -0.39 is 0 Å². The molecule has 0 spiro atoms. The zero-order valence-electron chi connectivity index (χ0n) is 5.27. The monoisotopic (exact) mass is 402 g/mol. The van der Waals surface area contributed by atoms with Crippen LogP contribution in [0.1, 0.15) is 0 Å². The van der Waals surface area contributed by atoms with Gasteiger partial charge in [0.15, 0.2) is 0 Å². The topological polar surface area (TPSA) is 34.1 Å². The van der Waals surface area contributed by atoms with Gasteiger partial charge in [-0.05, 0) is 0 Å². The van der Waals surface area contributed by atoms with Gasteiger partial charge in [0.05, 0.1) is 0 Å². The van der Waals surface area contributed by atoms with Gasteiger partial charge < -0.3 is 14.9 Å². The molecule has 0 saturated carbocycles. The molecule has 0 aromatic rings. The van der Waals surface area contributed by atoms with Crippen LogP contribution in [0.2, 0.25) is 0 Å². The standard InChI is InChI=1S/2CH3.4ClH.2Mo.2O/h2*1H3;4*1H;;;;/q2*-1;;;;;;;;. The van der Waals surface area contributed by atoms with Gasteiger partial charge in [0.1, 0.15) is 0 Å². The van der Waals surface area contributed by atoms with E-state index in [1.807, 2.05) is 0 Å². The van der Waals surface area contributed by atoms with Crippen LogP contribution in [0.3, 0.4) is 0 Å². The first-order chi connectivity index (χ1) is 2.00. The molecule has 0 saturated heterocycles. The van der Waals surface area contributed by atoms with Gasteiger partial charge in [-0.2, -0.15) is 0 Å². The zero-order valence-corrected chi connectivity index (χ0v) is 12.5. The van der Waals surface area contributed by atoms with Gasteiger partial charge >= 0.3 is 46.3 Å². The van der Waals surface area contributed by atoms with E-state index in [0.717, 1.165) is 0 Å². The zero-order chi connectivity index (χ0) is 4.00. The fraction of sp³-hybridized carbons (Fsp3) is 0. The summed E-state index contributed by atoms with van der Waals surface area (Å²) in [4.78, 5) is 0. The van der Waals surface area contributed by atoms with Crippen molar-refractivity contribution in [1.29, 1.82) is 0 Å². The Labute approximate surface area is 110 Å². The minimum atomic E-state index is 0. The second-order valence-corrected chi connectivity index (χ2v) is 0. The molecule has 0 unspecified atom stereocenters. The quantitative estimate of drug-likeness (QED) is 0.463. The summed E-state index contributed by atoms with van der Waals surface area (Å²) >= 11 is 1.40. The molecular formula is C2H10Cl4Mo2O2-2. The van der Waals surface area contributed by atoms with Crippen LogP contribution in [0.4, 0.5) is 0 Å². The predicted octanol–water partition coefficient (Wildman–Crippen LogP) is 2.35. The molecule has 72 valence electrons. The van der Waals surface area contributed by atoms with Crippen LogP contribution in [0.5, 0.6) is 0 Å². The van der Waals surface area contributed by atoms with Crippen LogP contribution < -0.4 is 0 Å². The first-order valence-corrected chi connectivity index (χ1v) is 1.97. The molecule has 0 atom stereocenters. The normalized spacial score (nSPS) is 0.800. The van der Waals surface area contributed by atoms with Gasteiger partial charge in [-0.25, -0.2) is 0 Å². The molecule has 0 N–H and O–H groups in total. The molecule has 0 rings (SSSR count). The Morgan fingerprint density at radius 3 is 0.500 bits per heavy atom. The maximum absolute atomic E-state index is 8.26. The van der Waals surface area contributed by atoms with Gasteiger partial charge in [-0.3, -0.25) is 0 Å². The van der Waals surface area contributed by atoms with Crippen molar-refractivity contribution in [3.63, 3.8) is 0 Å². The van der Waals surface area contributed by atoms with Gasteiger partial charge in [-0.15, -0.1) is 49.6 Å². The molecule has 0 bridgehead atoms. The molecule has 0 aromatic carbocycles. The number of hydrogen-bond acceptors (Lipinski definition) is 2. The minimum absolute atomic E-state index is 0. The van der Waals surface area contributed by atoms with Crippen molar-refractivity contribution in [2.24, 2.45) is 0 Å². The summed E-state index contributed by atoms with van der Waals surface area (Å²) in [5, 5.41) is 0. The van der Waals surface area contributed by atoms with Crippen molar-refractivity contribution in [2.75, 3.05) is 0 Å². The Hall–Kier alpha value is 2.14. The molecule has 0 fully saturated rings. The summed E-state index contributed by atoms with van der Waals surface area (Å²) in [7, 11) is 0. The fourth-order valence-electron chi connectivity index (χ4n) is 0. The molecule has 0 aromatic heterocycles. The molecule has 0 heterocycles. The Morgan fingerprint density at radius 1 is 0.500 bits per heavy atom. The van der Waals surface area contributed by atoms with Gasteiger partial charge in [0, 0.05) is 0 Å². The van der Waals surface area contributed by atoms with E-state index >= 15 is 0 Å². The van der Waals surface area contributed by atoms with Crippen molar-refractivity contribution < 1.29 is 46.3 Å². The van der Waals surface area contributed by atoms with E-state index in [4.69, 9.17) is 6.80 Å². The molecule has 8 heteroatoms. The third-order valence-corrected chi connectivity index (χ3v) is 0. The fourth-order valence-corrected chi connectivity index (χ4v) is 0. The first kappa shape index (κ1) is 88.0. The predicted molar refractivity (Wildman–Crippen MR) is 43.2 cm³/mol. The van der Waals surface area contributed by atoms with Crippen LogP contribution >= 0.6 is 49.6 Å². The van der Waals surface area contributed by atoms with Crippen molar-refractivity contribution in [3.8, 4) is 0 Å². The van der Waals surface area contributed by atoms with Crippen molar-refractivity contribution in [1.82, 2.24) is 0 Å². The average molecular weight is 400 g/mol. The third-order valence-electron chi connectivity index (χ3n) is 0. The Balaban J connectivity index is -0.000000000833. The molecule has 0 radical (unpaired) electrons. The molecule has 10 heavy (non-hydrogen) atoms. The summed E-state index contributed by atoms with van der Waals surface area (Å²) in [6.07, 6.45) is 0. The van der Waals surface area contributed by atoms with E-state index in [9.17, 15) is 0 Å². The van der Waals surface area contributed by atoms with Crippen molar-refractivity contribution in [3.05, 3.63) is 14.9 Å². The molecule has 0 aliphatic carbocycles. The van der Waals surface area contributed by atoms with Crippen LogP contribution in [0.15, 0.2) is 0 Å². The Kier molecular flexibility index (Phi) is 2200. The summed E-state index contributed by atoms with van der Waals surface area (Å²) in [6.45, 7) is 0. The van der Waals surface area contributed by atoms with E-state index in [0.29, 0.717) is 39.6 Å². The van der Waals surface area contributed by atoms with Crippen LogP contribution in [0.25, 0.3) is 0 Å². The van der Waals surface area contributed by atoms with Gasteiger partial charge in [-0.1, -0.05) is 0 Å². The third kappa shape index (κ3) is 185. The number of rotatable bonds is 0. The molecule has 0 aliphatic rings. The number of hydrogen-bond donors (Lipinski definition) is 0. The van der Waals surface area contributed by atoms with Crippen molar-refractivity contribution >= 4 is 49.6 Å². The summed E-state index contributed by atoms with van der Waals surface area (Å²) in [5.74, 6) is 0. The van der Waals surface area contributed by atoms with Crippen LogP contribution in [0, 0.1) is 14.9 Å². The molecule has 2 nitrogen and oxygen atoms in total. The molecule has 0 aliphatic heterocycles. The SMILES string of the molecule is Cl.Cl.Cl.Cl.[CH3-].[CH3-].[O]=[Mo].[O]=[Mo]. The number of halogens is 4. The average Bonchev–Trinajstić information content (AvgIpc) is 1.50. The van der Waals surface area contributed by atoms with E-state index in [2.05, 4.69) is 0 Å². The summed E-state index contributed by atoms with van der Waals surface area (Å²) < 4.78 is 16.5.